The van der Waals surface area contributed by atoms with Crippen LogP contribution >= 0.6 is 0 Å². The van der Waals surface area contributed by atoms with Crippen LogP contribution in [0.15, 0.2) is 22.8 Å². The fourth-order valence-electron chi connectivity index (χ4n) is 1.25. The Bertz CT molecular complexity index is 269. The summed E-state index contributed by atoms with van der Waals surface area (Å²) in [5.74, 6) is 0.738. The molecule has 1 N–H and O–H groups in total. The molecular weight excluding hydrogens is 207 g/mol. The van der Waals surface area contributed by atoms with Crippen molar-refractivity contribution in [3.63, 3.8) is 0 Å². The minimum absolute atomic E-state index is 0.0479. The monoisotopic (exact) mass is 221 g/mol. The third-order valence-electron chi connectivity index (χ3n) is 2.06. The Morgan fingerprint density at radius 3 is 2.73 bits per heavy atom. The van der Waals surface area contributed by atoms with Gasteiger partial charge in [0.15, 0.2) is 0 Å². The predicted molar refractivity (Wildman–Crippen MR) is 50.4 cm³/mol. The van der Waals surface area contributed by atoms with Gasteiger partial charge < -0.3 is 9.73 Å². The van der Waals surface area contributed by atoms with E-state index in [4.69, 9.17) is 4.42 Å². The second kappa shape index (κ2) is 5.21. The van der Waals surface area contributed by atoms with E-state index < -0.39 is 12.6 Å². The van der Waals surface area contributed by atoms with Crippen molar-refractivity contribution in [3.8, 4) is 0 Å². The molecule has 0 saturated carbocycles. The van der Waals surface area contributed by atoms with Crippen molar-refractivity contribution >= 4 is 0 Å². The summed E-state index contributed by atoms with van der Waals surface area (Å²) in [6, 6.07) is 3.50. The van der Waals surface area contributed by atoms with Crippen LogP contribution in [0.25, 0.3) is 0 Å². The van der Waals surface area contributed by atoms with Gasteiger partial charge in [0.25, 0.3) is 0 Å². The normalized spacial score (nSPS) is 14.1. The minimum atomic E-state index is -4.06. The number of halogens is 3. The van der Waals surface area contributed by atoms with E-state index in [1.165, 1.54) is 0 Å². The third-order valence-corrected chi connectivity index (χ3v) is 2.06. The first kappa shape index (κ1) is 12.1. The van der Waals surface area contributed by atoms with E-state index in [0.717, 1.165) is 5.76 Å². The van der Waals surface area contributed by atoms with Gasteiger partial charge in [0.1, 0.15) is 5.76 Å². The molecule has 1 aromatic rings. The van der Waals surface area contributed by atoms with E-state index >= 15 is 0 Å². The zero-order valence-corrected chi connectivity index (χ0v) is 8.47. The van der Waals surface area contributed by atoms with Gasteiger partial charge in [0, 0.05) is 6.42 Å². The topological polar surface area (TPSA) is 25.2 Å². The van der Waals surface area contributed by atoms with Crippen LogP contribution in [0.5, 0.6) is 0 Å². The van der Waals surface area contributed by atoms with Crippen molar-refractivity contribution in [1.82, 2.24) is 5.32 Å². The lowest BCUT2D eigenvalue weighted by Crippen LogP contribution is -2.21. The Hall–Kier alpha value is -0.970. The highest BCUT2D eigenvalue weighted by Crippen LogP contribution is 2.21. The number of nitrogens with one attached hydrogen (secondary N) is 1. The fraction of sp³-hybridized carbons (Fsp3) is 0.600. The molecule has 0 saturated heterocycles. The fourth-order valence-corrected chi connectivity index (χ4v) is 1.25. The molecule has 5 heteroatoms. The van der Waals surface area contributed by atoms with E-state index in [2.05, 4.69) is 5.32 Å². The Balaban J connectivity index is 2.16. The predicted octanol–water partition coefficient (Wildman–Crippen LogP) is 3.27. The standard InChI is InChI=1S/C10H14F3NO/c1-8(9-4-2-7-15-9)14-6-3-5-10(11,12)13/h2,4,7-8,14H,3,5-6H2,1H3/t8-/m0/s1. The molecule has 1 atom stereocenters. The Morgan fingerprint density at radius 2 is 2.20 bits per heavy atom. The molecule has 1 rings (SSSR count). The van der Waals surface area contributed by atoms with Crippen molar-refractivity contribution < 1.29 is 17.6 Å². The summed E-state index contributed by atoms with van der Waals surface area (Å²) in [5.41, 5.74) is 0. The van der Waals surface area contributed by atoms with Crippen LogP contribution in [-0.2, 0) is 0 Å². The molecule has 0 aliphatic rings. The summed E-state index contributed by atoms with van der Waals surface area (Å²) in [4.78, 5) is 0. The maximum Gasteiger partial charge on any atom is 0.389 e. The molecule has 0 aliphatic carbocycles. The molecule has 0 aliphatic heterocycles. The zero-order valence-electron chi connectivity index (χ0n) is 8.47. The summed E-state index contributed by atoms with van der Waals surface area (Å²) in [6.07, 6.45) is -3.17. The van der Waals surface area contributed by atoms with Crippen LogP contribution in [0.3, 0.4) is 0 Å². The molecule has 1 aromatic heterocycles. The van der Waals surface area contributed by atoms with Gasteiger partial charge in [-0.25, -0.2) is 0 Å². The molecule has 0 amide bonds. The third kappa shape index (κ3) is 4.88. The molecule has 0 unspecified atom stereocenters. The van der Waals surface area contributed by atoms with Crippen LogP contribution in [0, 0.1) is 0 Å². The van der Waals surface area contributed by atoms with Crippen molar-refractivity contribution in [1.29, 1.82) is 0 Å². The number of hydrogen-bond donors (Lipinski definition) is 1. The van der Waals surface area contributed by atoms with E-state index in [9.17, 15) is 13.2 Å². The first-order chi connectivity index (χ1) is 6.99. The smallest absolute Gasteiger partial charge is 0.389 e. The molecule has 0 bridgehead atoms. The lowest BCUT2D eigenvalue weighted by Gasteiger charge is -2.11. The van der Waals surface area contributed by atoms with Crippen molar-refractivity contribution in [2.45, 2.75) is 32.0 Å². The van der Waals surface area contributed by atoms with Crippen molar-refractivity contribution in [3.05, 3.63) is 24.2 Å². The summed E-state index contributed by atoms with van der Waals surface area (Å²) in [6.45, 7) is 2.19. The van der Waals surface area contributed by atoms with E-state index in [1.54, 1.807) is 18.4 Å². The molecule has 0 spiro atoms. The Labute approximate surface area is 86.5 Å². The summed E-state index contributed by atoms with van der Waals surface area (Å²) in [7, 11) is 0. The Kier molecular flexibility index (Phi) is 4.20. The van der Waals surface area contributed by atoms with E-state index in [-0.39, 0.29) is 12.5 Å². The second-order valence-electron chi connectivity index (χ2n) is 3.41. The molecule has 15 heavy (non-hydrogen) atoms. The van der Waals surface area contributed by atoms with Crippen LogP contribution in [0.4, 0.5) is 13.2 Å². The highest BCUT2D eigenvalue weighted by Gasteiger charge is 2.25. The van der Waals surface area contributed by atoms with Gasteiger partial charge in [0.05, 0.1) is 12.3 Å². The average molecular weight is 221 g/mol. The Morgan fingerprint density at radius 1 is 1.47 bits per heavy atom. The largest absolute Gasteiger partial charge is 0.468 e. The summed E-state index contributed by atoms with van der Waals surface area (Å²) in [5, 5.41) is 2.96. The highest BCUT2D eigenvalue weighted by atomic mass is 19.4. The zero-order chi connectivity index (χ0) is 11.3. The summed E-state index contributed by atoms with van der Waals surface area (Å²) < 4.78 is 40.5. The molecule has 86 valence electrons. The number of rotatable bonds is 5. The van der Waals surface area contributed by atoms with Crippen LogP contribution in [0.2, 0.25) is 0 Å². The molecule has 2 nitrogen and oxygen atoms in total. The maximum absolute atomic E-state index is 11.8. The highest BCUT2D eigenvalue weighted by molar-refractivity contribution is 5.02. The second-order valence-corrected chi connectivity index (χ2v) is 3.41. The van der Waals surface area contributed by atoms with Gasteiger partial charge in [-0.3, -0.25) is 0 Å². The van der Waals surface area contributed by atoms with Gasteiger partial charge >= 0.3 is 6.18 Å². The molecule has 0 aromatic carbocycles. The van der Waals surface area contributed by atoms with Crippen LogP contribution in [-0.4, -0.2) is 12.7 Å². The first-order valence-corrected chi connectivity index (χ1v) is 4.82. The van der Waals surface area contributed by atoms with Crippen molar-refractivity contribution in [2.24, 2.45) is 0 Å². The maximum atomic E-state index is 11.8. The number of furan rings is 1. The van der Waals surface area contributed by atoms with Crippen LogP contribution in [0.1, 0.15) is 31.6 Å². The molecule has 1 heterocycles. The SMILES string of the molecule is C[C@H](NCCCC(F)(F)F)c1ccco1. The minimum Gasteiger partial charge on any atom is -0.468 e. The van der Waals surface area contributed by atoms with Gasteiger partial charge in [-0.05, 0) is 32.0 Å². The van der Waals surface area contributed by atoms with Gasteiger partial charge in [-0.15, -0.1) is 0 Å². The summed E-state index contributed by atoms with van der Waals surface area (Å²) >= 11 is 0. The lowest BCUT2D eigenvalue weighted by molar-refractivity contribution is -0.135. The molecular formula is C10H14F3NO. The van der Waals surface area contributed by atoms with Crippen molar-refractivity contribution in [2.75, 3.05) is 6.54 Å². The average Bonchev–Trinajstić information content (AvgIpc) is 2.63. The van der Waals surface area contributed by atoms with E-state index in [1.807, 2.05) is 6.92 Å². The first-order valence-electron chi connectivity index (χ1n) is 4.82. The molecule has 0 radical (unpaired) electrons. The van der Waals surface area contributed by atoms with Gasteiger partial charge in [-0.1, -0.05) is 0 Å². The van der Waals surface area contributed by atoms with E-state index in [0.29, 0.717) is 6.54 Å². The van der Waals surface area contributed by atoms with Crippen LogP contribution < -0.4 is 5.32 Å². The lowest BCUT2D eigenvalue weighted by atomic mass is 10.2. The quantitative estimate of drug-likeness (QED) is 0.772. The molecule has 0 fully saturated rings. The number of alkyl halides is 3. The number of hydrogen-bond acceptors (Lipinski definition) is 2. The van der Waals surface area contributed by atoms with Gasteiger partial charge in [-0.2, -0.15) is 13.2 Å². The van der Waals surface area contributed by atoms with Gasteiger partial charge in [0.2, 0.25) is 0 Å².